The standard InChI is InChI=1S/C15H25NO/c1-4-13(7-6-10-16)15-9-8-14(17-5-2)11-12(15)3/h8-9,11,13H,4-7,10,16H2,1-3H3. The van der Waals surface area contributed by atoms with E-state index in [-0.39, 0.29) is 0 Å². The third kappa shape index (κ3) is 4.04. The van der Waals surface area contributed by atoms with E-state index in [1.165, 1.54) is 24.0 Å². The molecule has 0 aliphatic heterocycles. The number of hydrogen-bond donors (Lipinski definition) is 1. The number of rotatable bonds is 7. The molecule has 0 fully saturated rings. The Morgan fingerprint density at radius 1 is 1.29 bits per heavy atom. The predicted octanol–water partition coefficient (Wildman–Crippen LogP) is 3.63. The Kier molecular flexibility index (Phi) is 6.06. The molecule has 0 spiro atoms. The molecular weight excluding hydrogens is 210 g/mol. The highest BCUT2D eigenvalue weighted by atomic mass is 16.5. The zero-order valence-corrected chi connectivity index (χ0v) is 11.3. The molecule has 17 heavy (non-hydrogen) atoms. The first-order valence-electron chi connectivity index (χ1n) is 6.66. The van der Waals surface area contributed by atoms with Crippen molar-refractivity contribution in [1.82, 2.24) is 0 Å². The Morgan fingerprint density at radius 3 is 2.59 bits per heavy atom. The zero-order chi connectivity index (χ0) is 12.7. The second kappa shape index (κ2) is 7.33. The van der Waals surface area contributed by atoms with Crippen LogP contribution >= 0.6 is 0 Å². The van der Waals surface area contributed by atoms with Gasteiger partial charge >= 0.3 is 0 Å². The number of aryl methyl sites for hydroxylation is 1. The zero-order valence-electron chi connectivity index (χ0n) is 11.3. The number of ether oxygens (including phenoxy) is 1. The van der Waals surface area contributed by atoms with Crippen LogP contribution in [0.5, 0.6) is 5.75 Å². The minimum Gasteiger partial charge on any atom is -0.494 e. The lowest BCUT2D eigenvalue weighted by Gasteiger charge is -2.18. The molecule has 0 saturated carbocycles. The molecule has 1 rings (SSSR count). The molecule has 0 saturated heterocycles. The van der Waals surface area contributed by atoms with Gasteiger partial charge in [0.15, 0.2) is 0 Å². The number of hydrogen-bond acceptors (Lipinski definition) is 2. The Balaban J connectivity index is 2.81. The Hall–Kier alpha value is -1.02. The fraction of sp³-hybridized carbons (Fsp3) is 0.600. The summed E-state index contributed by atoms with van der Waals surface area (Å²) in [6, 6.07) is 6.44. The average molecular weight is 235 g/mol. The Morgan fingerprint density at radius 2 is 2.06 bits per heavy atom. The van der Waals surface area contributed by atoms with Gasteiger partial charge in [0.05, 0.1) is 6.61 Å². The number of nitrogens with two attached hydrogens (primary N) is 1. The monoisotopic (exact) mass is 235 g/mol. The van der Waals surface area contributed by atoms with Gasteiger partial charge in [0, 0.05) is 0 Å². The first kappa shape index (κ1) is 14.0. The Labute approximate surface area is 105 Å². The second-order valence-electron chi connectivity index (χ2n) is 4.49. The average Bonchev–Trinajstić information content (AvgIpc) is 2.32. The summed E-state index contributed by atoms with van der Waals surface area (Å²) in [4.78, 5) is 0. The summed E-state index contributed by atoms with van der Waals surface area (Å²) in [6.45, 7) is 7.94. The van der Waals surface area contributed by atoms with Gasteiger partial charge in [-0.15, -0.1) is 0 Å². The van der Waals surface area contributed by atoms with Crippen LogP contribution in [0.1, 0.15) is 50.2 Å². The molecule has 1 aromatic carbocycles. The SMILES string of the molecule is CCOc1ccc(C(CC)CCCN)c(C)c1. The van der Waals surface area contributed by atoms with Gasteiger partial charge in [-0.05, 0) is 68.8 Å². The molecule has 96 valence electrons. The molecule has 0 aromatic heterocycles. The van der Waals surface area contributed by atoms with E-state index < -0.39 is 0 Å². The van der Waals surface area contributed by atoms with E-state index in [1.807, 2.05) is 6.92 Å². The van der Waals surface area contributed by atoms with Crippen LogP contribution in [0.4, 0.5) is 0 Å². The second-order valence-corrected chi connectivity index (χ2v) is 4.49. The van der Waals surface area contributed by atoms with Crippen molar-refractivity contribution in [2.75, 3.05) is 13.2 Å². The maximum Gasteiger partial charge on any atom is 0.119 e. The molecule has 0 radical (unpaired) electrons. The lowest BCUT2D eigenvalue weighted by Crippen LogP contribution is -2.05. The van der Waals surface area contributed by atoms with Gasteiger partial charge in [0.2, 0.25) is 0 Å². The van der Waals surface area contributed by atoms with Gasteiger partial charge in [-0.25, -0.2) is 0 Å². The summed E-state index contributed by atoms with van der Waals surface area (Å²) in [5.41, 5.74) is 8.37. The van der Waals surface area contributed by atoms with Crippen molar-refractivity contribution in [2.45, 2.75) is 46.0 Å². The predicted molar refractivity (Wildman–Crippen MR) is 73.7 cm³/mol. The molecule has 1 unspecified atom stereocenters. The van der Waals surface area contributed by atoms with Gasteiger partial charge in [-0.3, -0.25) is 0 Å². The van der Waals surface area contributed by atoms with Crippen LogP contribution in [-0.4, -0.2) is 13.2 Å². The molecule has 0 aliphatic rings. The topological polar surface area (TPSA) is 35.2 Å². The van der Waals surface area contributed by atoms with Gasteiger partial charge in [-0.2, -0.15) is 0 Å². The summed E-state index contributed by atoms with van der Waals surface area (Å²) in [6.07, 6.45) is 3.46. The van der Waals surface area contributed by atoms with Crippen LogP contribution in [0.25, 0.3) is 0 Å². The van der Waals surface area contributed by atoms with Crippen LogP contribution in [-0.2, 0) is 0 Å². The molecule has 2 N–H and O–H groups in total. The summed E-state index contributed by atoms with van der Waals surface area (Å²) < 4.78 is 5.52. The van der Waals surface area contributed by atoms with E-state index in [2.05, 4.69) is 32.0 Å². The van der Waals surface area contributed by atoms with Crippen molar-refractivity contribution in [2.24, 2.45) is 5.73 Å². The van der Waals surface area contributed by atoms with Gasteiger partial charge in [-0.1, -0.05) is 13.0 Å². The molecule has 0 aliphatic carbocycles. The van der Waals surface area contributed by atoms with Crippen molar-refractivity contribution in [3.05, 3.63) is 29.3 Å². The highest BCUT2D eigenvalue weighted by Gasteiger charge is 2.11. The molecule has 0 heterocycles. The fourth-order valence-corrected chi connectivity index (χ4v) is 2.31. The summed E-state index contributed by atoms with van der Waals surface area (Å²) >= 11 is 0. The van der Waals surface area contributed by atoms with Gasteiger partial charge < -0.3 is 10.5 Å². The van der Waals surface area contributed by atoms with E-state index in [0.717, 1.165) is 25.3 Å². The number of benzene rings is 1. The van der Waals surface area contributed by atoms with Crippen molar-refractivity contribution in [3.8, 4) is 5.75 Å². The van der Waals surface area contributed by atoms with Crippen molar-refractivity contribution < 1.29 is 4.74 Å². The molecule has 0 amide bonds. The lowest BCUT2D eigenvalue weighted by molar-refractivity contribution is 0.340. The maximum atomic E-state index is 5.59. The minimum atomic E-state index is 0.634. The molecule has 1 atom stereocenters. The van der Waals surface area contributed by atoms with Crippen molar-refractivity contribution in [3.63, 3.8) is 0 Å². The van der Waals surface area contributed by atoms with E-state index >= 15 is 0 Å². The van der Waals surface area contributed by atoms with Crippen LogP contribution in [0.15, 0.2) is 18.2 Å². The normalized spacial score (nSPS) is 12.5. The fourth-order valence-electron chi connectivity index (χ4n) is 2.31. The summed E-state index contributed by atoms with van der Waals surface area (Å²) in [5, 5.41) is 0. The largest absolute Gasteiger partial charge is 0.494 e. The van der Waals surface area contributed by atoms with Crippen molar-refractivity contribution >= 4 is 0 Å². The van der Waals surface area contributed by atoms with Crippen LogP contribution in [0, 0.1) is 6.92 Å². The quantitative estimate of drug-likeness (QED) is 0.783. The van der Waals surface area contributed by atoms with E-state index in [9.17, 15) is 0 Å². The van der Waals surface area contributed by atoms with E-state index in [1.54, 1.807) is 0 Å². The molecular formula is C15H25NO. The van der Waals surface area contributed by atoms with Crippen molar-refractivity contribution in [1.29, 1.82) is 0 Å². The highest BCUT2D eigenvalue weighted by Crippen LogP contribution is 2.29. The summed E-state index contributed by atoms with van der Waals surface area (Å²) in [5.74, 6) is 1.61. The highest BCUT2D eigenvalue weighted by molar-refractivity contribution is 5.36. The molecule has 2 heteroatoms. The van der Waals surface area contributed by atoms with Gasteiger partial charge in [0.25, 0.3) is 0 Å². The van der Waals surface area contributed by atoms with Crippen LogP contribution in [0.2, 0.25) is 0 Å². The maximum absolute atomic E-state index is 5.59. The van der Waals surface area contributed by atoms with Gasteiger partial charge in [0.1, 0.15) is 5.75 Å². The Bertz CT molecular complexity index is 336. The lowest BCUT2D eigenvalue weighted by atomic mass is 9.89. The van der Waals surface area contributed by atoms with Crippen LogP contribution < -0.4 is 10.5 Å². The molecule has 2 nitrogen and oxygen atoms in total. The van der Waals surface area contributed by atoms with E-state index in [0.29, 0.717) is 5.92 Å². The van der Waals surface area contributed by atoms with E-state index in [4.69, 9.17) is 10.5 Å². The third-order valence-corrected chi connectivity index (χ3v) is 3.24. The summed E-state index contributed by atoms with van der Waals surface area (Å²) in [7, 11) is 0. The molecule has 1 aromatic rings. The smallest absolute Gasteiger partial charge is 0.119 e. The third-order valence-electron chi connectivity index (χ3n) is 3.24. The molecule has 0 bridgehead atoms. The first-order valence-corrected chi connectivity index (χ1v) is 6.66. The first-order chi connectivity index (χ1) is 8.22. The van der Waals surface area contributed by atoms with Crippen LogP contribution in [0.3, 0.4) is 0 Å². The minimum absolute atomic E-state index is 0.634.